The van der Waals surface area contributed by atoms with Gasteiger partial charge in [0.1, 0.15) is 17.3 Å². The van der Waals surface area contributed by atoms with Gasteiger partial charge in [0.25, 0.3) is 0 Å². The Labute approximate surface area is 186 Å². The fraction of sp³-hybridized carbons (Fsp3) is 0. The number of nitriles is 1. The monoisotopic (exact) mass is 423 g/mol. The maximum Gasteiger partial charge on any atom is 0.206 e. The maximum absolute atomic E-state index is 9.72. The predicted molar refractivity (Wildman–Crippen MR) is 127 cm³/mol. The standard InChI is InChI=1S/C26H13N7/c27-14-20-24(15-8-2-1-3-9-15)33-26(31-28-20)22-21-18-12-6-4-10-16(18)17-11-5-7-13-19(17)23(21)29-30-25(22)32-33/h1-13H. The van der Waals surface area contributed by atoms with Crippen LogP contribution in [0.2, 0.25) is 0 Å². The third-order valence-corrected chi connectivity index (χ3v) is 6.08. The molecule has 0 atom stereocenters. The summed E-state index contributed by atoms with van der Waals surface area (Å²) in [6, 6.07) is 28.2. The fourth-order valence-electron chi connectivity index (χ4n) is 4.69. The van der Waals surface area contributed by atoms with Gasteiger partial charge in [0, 0.05) is 16.3 Å². The Hall–Kier alpha value is -4.96. The van der Waals surface area contributed by atoms with E-state index in [9.17, 15) is 5.26 Å². The van der Waals surface area contributed by atoms with E-state index in [-0.39, 0.29) is 5.69 Å². The third kappa shape index (κ3) is 2.34. The summed E-state index contributed by atoms with van der Waals surface area (Å²) in [6.45, 7) is 0. The molecule has 0 bridgehead atoms. The molecule has 0 aliphatic heterocycles. The van der Waals surface area contributed by atoms with Crippen LogP contribution < -0.4 is 0 Å². The Kier molecular flexibility index (Phi) is 3.49. The second-order valence-electron chi connectivity index (χ2n) is 7.82. The molecule has 0 N–H and O–H groups in total. The molecule has 0 saturated heterocycles. The molecule has 7 nitrogen and oxygen atoms in total. The van der Waals surface area contributed by atoms with Crippen LogP contribution in [0.15, 0.2) is 78.9 Å². The molecule has 0 fully saturated rings. The van der Waals surface area contributed by atoms with Crippen LogP contribution >= 0.6 is 0 Å². The molecule has 152 valence electrons. The smallest absolute Gasteiger partial charge is 0.206 e. The zero-order chi connectivity index (χ0) is 21.9. The van der Waals surface area contributed by atoms with Crippen LogP contribution in [0.5, 0.6) is 0 Å². The second kappa shape index (κ2) is 6.52. The molecule has 0 spiro atoms. The lowest BCUT2D eigenvalue weighted by molar-refractivity contribution is 0.889. The van der Waals surface area contributed by atoms with E-state index in [1.165, 1.54) is 0 Å². The van der Waals surface area contributed by atoms with Crippen molar-refractivity contribution in [1.29, 1.82) is 5.26 Å². The average Bonchev–Trinajstić information content (AvgIpc) is 3.27. The van der Waals surface area contributed by atoms with E-state index in [2.05, 4.69) is 50.7 Å². The van der Waals surface area contributed by atoms with Crippen LogP contribution in [0.4, 0.5) is 0 Å². The van der Waals surface area contributed by atoms with E-state index in [4.69, 9.17) is 5.10 Å². The summed E-state index contributed by atoms with van der Waals surface area (Å²) in [5.41, 5.74) is 3.41. The number of nitrogens with zero attached hydrogens (tertiary/aromatic N) is 7. The van der Waals surface area contributed by atoms with Crippen molar-refractivity contribution in [3.05, 3.63) is 84.6 Å². The SMILES string of the molecule is N#Cc1nnc2c3c(nnc4c5ccccc5c5ccccc5c43)nn2c1-c1ccccc1. The first kappa shape index (κ1) is 17.7. The molecule has 7 aromatic rings. The summed E-state index contributed by atoms with van der Waals surface area (Å²) < 4.78 is 1.67. The highest BCUT2D eigenvalue weighted by Gasteiger charge is 2.21. The van der Waals surface area contributed by atoms with Crippen LogP contribution in [0.1, 0.15) is 5.69 Å². The van der Waals surface area contributed by atoms with Gasteiger partial charge in [0.15, 0.2) is 11.3 Å². The molecular weight excluding hydrogens is 410 g/mol. The van der Waals surface area contributed by atoms with Gasteiger partial charge in [-0.1, -0.05) is 78.9 Å². The van der Waals surface area contributed by atoms with Gasteiger partial charge in [-0.05, 0) is 16.2 Å². The van der Waals surface area contributed by atoms with Gasteiger partial charge in [-0.3, -0.25) is 0 Å². The zero-order valence-corrected chi connectivity index (χ0v) is 17.1. The highest BCUT2D eigenvalue weighted by atomic mass is 15.3. The van der Waals surface area contributed by atoms with Crippen LogP contribution in [-0.2, 0) is 0 Å². The van der Waals surface area contributed by atoms with Crippen molar-refractivity contribution in [2.24, 2.45) is 0 Å². The highest BCUT2D eigenvalue weighted by Crippen LogP contribution is 2.38. The van der Waals surface area contributed by atoms with E-state index in [1.54, 1.807) is 4.52 Å². The summed E-state index contributed by atoms with van der Waals surface area (Å²) in [7, 11) is 0. The number of benzene rings is 4. The molecule has 0 aliphatic carbocycles. The van der Waals surface area contributed by atoms with Crippen LogP contribution in [0, 0.1) is 11.3 Å². The van der Waals surface area contributed by atoms with Crippen LogP contribution in [0.3, 0.4) is 0 Å². The number of fused-ring (bicyclic) bond motifs is 10. The minimum absolute atomic E-state index is 0.203. The lowest BCUT2D eigenvalue weighted by Crippen LogP contribution is -2.03. The summed E-state index contributed by atoms with van der Waals surface area (Å²) in [5.74, 6) is 0. The van der Waals surface area contributed by atoms with Crippen molar-refractivity contribution in [3.8, 4) is 17.3 Å². The minimum Gasteiger partial charge on any atom is -0.207 e. The lowest BCUT2D eigenvalue weighted by atomic mass is 9.96. The normalized spacial score (nSPS) is 11.6. The molecule has 0 saturated carbocycles. The quantitative estimate of drug-likeness (QED) is 0.343. The average molecular weight is 423 g/mol. The lowest BCUT2D eigenvalue weighted by Gasteiger charge is -2.09. The van der Waals surface area contributed by atoms with E-state index in [0.29, 0.717) is 17.0 Å². The number of hydrogen-bond acceptors (Lipinski definition) is 6. The molecule has 7 heteroatoms. The topological polar surface area (TPSA) is 92.6 Å². The Bertz CT molecular complexity index is 1900. The number of rotatable bonds is 1. The third-order valence-electron chi connectivity index (χ3n) is 6.08. The Morgan fingerprint density at radius 3 is 2.06 bits per heavy atom. The number of hydrogen-bond donors (Lipinski definition) is 0. The van der Waals surface area contributed by atoms with Gasteiger partial charge in [-0.2, -0.15) is 5.26 Å². The van der Waals surface area contributed by atoms with Crippen molar-refractivity contribution in [2.45, 2.75) is 0 Å². The number of aromatic nitrogens is 6. The van der Waals surface area contributed by atoms with E-state index < -0.39 is 0 Å². The van der Waals surface area contributed by atoms with Gasteiger partial charge in [-0.15, -0.1) is 25.5 Å². The molecule has 7 rings (SSSR count). The second-order valence-corrected chi connectivity index (χ2v) is 7.82. The summed E-state index contributed by atoms with van der Waals surface area (Å²) >= 11 is 0. The van der Waals surface area contributed by atoms with Crippen molar-refractivity contribution in [3.63, 3.8) is 0 Å². The molecule has 0 aliphatic rings. The molecular formula is C26H13N7. The van der Waals surface area contributed by atoms with E-state index >= 15 is 0 Å². The Morgan fingerprint density at radius 2 is 1.30 bits per heavy atom. The van der Waals surface area contributed by atoms with Crippen molar-refractivity contribution < 1.29 is 0 Å². The molecule has 3 aromatic heterocycles. The molecule has 3 heterocycles. The molecule has 4 aromatic carbocycles. The van der Waals surface area contributed by atoms with Crippen molar-refractivity contribution in [1.82, 2.24) is 30.0 Å². The van der Waals surface area contributed by atoms with Gasteiger partial charge < -0.3 is 0 Å². The van der Waals surface area contributed by atoms with Crippen LogP contribution in [-0.4, -0.2) is 30.0 Å². The van der Waals surface area contributed by atoms with E-state index in [1.807, 2.05) is 54.6 Å². The van der Waals surface area contributed by atoms with Gasteiger partial charge in [0.2, 0.25) is 5.65 Å². The summed E-state index contributed by atoms with van der Waals surface area (Å²) in [6.07, 6.45) is 0. The van der Waals surface area contributed by atoms with Gasteiger partial charge >= 0.3 is 0 Å². The molecule has 0 unspecified atom stereocenters. The summed E-state index contributed by atoms with van der Waals surface area (Å²) in [5, 5.41) is 38.2. The zero-order valence-electron chi connectivity index (χ0n) is 17.1. The maximum atomic E-state index is 9.72. The minimum atomic E-state index is 0.203. The fourth-order valence-corrected chi connectivity index (χ4v) is 4.69. The molecule has 0 radical (unpaired) electrons. The van der Waals surface area contributed by atoms with E-state index in [0.717, 1.165) is 43.4 Å². The first-order chi connectivity index (χ1) is 16.3. The Balaban J connectivity index is 1.76. The summed E-state index contributed by atoms with van der Waals surface area (Å²) in [4.78, 5) is 0. The predicted octanol–water partition coefficient (Wildman–Crippen LogP) is 5.07. The van der Waals surface area contributed by atoms with Gasteiger partial charge in [0.05, 0.1) is 5.39 Å². The van der Waals surface area contributed by atoms with Gasteiger partial charge in [-0.25, -0.2) is 4.52 Å². The first-order valence-corrected chi connectivity index (χ1v) is 10.5. The highest BCUT2D eigenvalue weighted by molar-refractivity contribution is 6.31. The molecule has 0 amide bonds. The largest absolute Gasteiger partial charge is 0.207 e. The van der Waals surface area contributed by atoms with Crippen LogP contribution in [0.25, 0.3) is 60.4 Å². The molecule has 33 heavy (non-hydrogen) atoms. The Morgan fingerprint density at radius 1 is 0.636 bits per heavy atom. The van der Waals surface area contributed by atoms with Crippen molar-refractivity contribution >= 4 is 49.1 Å². The van der Waals surface area contributed by atoms with Crippen molar-refractivity contribution in [2.75, 3.05) is 0 Å². The first-order valence-electron chi connectivity index (χ1n) is 10.5.